The fourth-order valence-electron chi connectivity index (χ4n) is 3.08. The first kappa shape index (κ1) is 14.9. The number of methoxy groups -OCH3 is 1. The van der Waals surface area contributed by atoms with E-state index in [2.05, 4.69) is 55.5 Å². The molecule has 3 rings (SSSR count). The van der Waals surface area contributed by atoms with Crippen LogP contribution in [0.1, 0.15) is 43.7 Å². The Bertz CT molecular complexity index is 676. The molecule has 0 atom stereocenters. The van der Waals surface area contributed by atoms with Crippen molar-refractivity contribution >= 4 is 5.76 Å². The zero-order chi connectivity index (χ0) is 15.4. The van der Waals surface area contributed by atoms with Gasteiger partial charge in [-0.3, -0.25) is 0 Å². The third-order valence-corrected chi connectivity index (χ3v) is 4.41. The van der Waals surface area contributed by atoms with E-state index < -0.39 is 0 Å². The van der Waals surface area contributed by atoms with Crippen LogP contribution >= 0.6 is 0 Å². The summed E-state index contributed by atoms with van der Waals surface area (Å²) in [7, 11) is 1.79. The van der Waals surface area contributed by atoms with Crippen LogP contribution in [-0.4, -0.2) is 7.11 Å². The summed E-state index contributed by atoms with van der Waals surface area (Å²) in [4.78, 5) is 0. The van der Waals surface area contributed by atoms with Gasteiger partial charge in [-0.2, -0.15) is 0 Å². The topological polar surface area (TPSA) is 9.23 Å². The van der Waals surface area contributed by atoms with Crippen molar-refractivity contribution in [3.63, 3.8) is 0 Å². The minimum absolute atomic E-state index is 1.08. The van der Waals surface area contributed by atoms with Crippen molar-refractivity contribution in [2.24, 2.45) is 0 Å². The summed E-state index contributed by atoms with van der Waals surface area (Å²) in [6.07, 6.45) is 5.98. The minimum atomic E-state index is 1.08. The molecule has 0 unspecified atom stereocenters. The van der Waals surface area contributed by atoms with Gasteiger partial charge in [0.05, 0.1) is 7.11 Å². The molecule has 0 aliphatic heterocycles. The van der Waals surface area contributed by atoms with E-state index in [0.717, 1.165) is 12.2 Å². The molecule has 114 valence electrons. The van der Waals surface area contributed by atoms with Gasteiger partial charge in [-0.05, 0) is 54.0 Å². The Morgan fingerprint density at radius 3 is 2.36 bits per heavy atom. The quantitative estimate of drug-likeness (QED) is 0.628. The fourth-order valence-corrected chi connectivity index (χ4v) is 3.08. The molecule has 0 radical (unpaired) electrons. The lowest BCUT2D eigenvalue weighted by molar-refractivity contribution is 0.359. The molecule has 22 heavy (non-hydrogen) atoms. The SMILES string of the molecule is CCCc1cccc(-c2cccc(C(OC)=C3CCC3)c2)c1. The molecule has 2 aromatic carbocycles. The first-order valence-electron chi connectivity index (χ1n) is 8.27. The molecule has 1 aliphatic rings. The van der Waals surface area contributed by atoms with Crippen molar-refractivity contribution in [3.8, 4) is 11.1 Å². The maximum absolute atomic E-state index is 5.67. The maximum atomic E-state index is 5.67. The van der Waals surface area contributed by atoms with E-state index in [9.17, 15) is 0 Å². The van der Waals surface area contributed by atoms with E-state index in [1.165, 1.54) is 53.5 Å². The maximum Gasteiger partial charge on any atom is 0.125 e. The number of hydrogen-bond donors (Lipinski definition) is 0. The van der Waals surface area contributed by atoms with Gasteiger partial charge in [-0.1, -0.05) is 55.8 Å². The summed E-state index contributed by atoms with van der Waals surface area (Å²) in [6, 6.07) is 17.6. The largest absolute Gasteiger partial charge is 0.496 e. The van der Waals surface area contributed by atoms with Gasteiger partial charge in [0.2, 0.25) is 0 Å². The van der Waals surface area contributed by atoms with Crippen LogP contribution < -0.4 is 0 Å². The highest BCUT2D eigenvalue weighted by atomic mass is 16.5. The fraction of sp³-hybridized carbons (Fsp3) is 0.333. The van der Waals surface area contributed by atoms with E-state index in [4.69, 9.17) is 4.74 Å². The van der Waals surface area contributed by atoms with E-state index in [-0.39, 0.29) is 0 Å². The lowest BCUT2D eigenvalue weighted by Gasteiger charge is -2.21. The molecule has 0 aromatic heterocycles. The third-order valence-electron chi connectivity index (χ3n) is 4.41. The van der Waals surface area contributed by atoms with Crippen molar-refractivity contribution in [3.05, 3.63) is 65.2 Å². The smallest absolute Gasteiger partial charge is 0.125 e. The second kappa shape index (κ2) is 6.83. The first-order chi connectivity index (χ1) is 10.8. The number of rotatable bonds is 5. The summed E-state index contributed by atoms with van der Waals surface area (Å²) >= 11 is 0. The molecule has 1 saturated carbocycles. The van der Waals surface area contributed by atoms with Crippen LogP contribution in [0, 0.1) is 0 Å². The Morgan fingerprint density at radius 1 is 1.00 bits per heavy atom. The minimum Gasteiger partial charge on any atom is -0.496 e. The van der Waals surface area contributed by atoms with Crippen molar-refractivity contribution in [2.75, 3.05) is 7.11 Å². The van der Waals surface area contributed by atoms with E-state index in [1.54, 1.807) is 7.11 Å². The summed E-state index contributed by atoms with van der Waals surface area (Å²) in [5.41, 5.74) is 6.64. The summed E-state index contributed by atoms with van der Waals surface area (Å²) < 4.78 is 5.67. The highest BCUT2D eigenvalue weighted by molar-refractivity contribution is 5.72. The standard InChI is InChI=1S/C21H24O/c1-3-7-16-8-4-11-18(14-16)19-12-6-13-20(15-19)21(22-2)17-9-5-10-17/h4,6,8,11-15H,3,5,7,9-10H2,1-2H3. The molecular formula is C21H24O. The number of benzene rings is 2. The van der Waals surface area contributed by atoms with Crippen molar-refractivity contribution in [1.82, 2.24) is 0 Å². The lowest BCUT2D eigenvalue weighted by Crippen LogP contribution is -2.03. The zero-order valence-electron chi connectivity index (χ0n) is 13.6. The summed E-state index contributed by atoms with van der Waals surface area (Å²) in [5, 5.41) is 0. The van der Waals surface area contributed by atoms with Crippen LogP contribution in [0.4, 0.5) is 0 Å². The van der Waals surface area contributed by atoms with Crippen molar-refractivity contribution in [1.29, 1.82) is 0 Å². The van der Waals surface area contributed by atoms with Gasteiger partial charge in [0.1, 0.15) is 5.76 Å². The van der Waals surface area contributed by atoms with Crippen LogP contribution in [0.15, 0.2) is 54.1 Å². The normalized spacial score (nSPS) is 13.6. The number of allylic oxidation sites excluding steroid dienone is 1. The zero-order valence-corrected chi connectivity index (χ0v) is 13.6. The van der Waals surface area contributed by atoms with Gasteiger partial charge < -0.3 is 4.74 Å². The number of hydrogen-bond acceptors (Lipinski definition) is 1. The number of ether oxygens (including phenoxy) is 1. The molecule has 0 amide bonds. The Kier molecular flexibility index (Phi) is 4.62. The Morgan fingerprint density at radius 2 is 1.73 bits per heavy atom. The van der Waals surface area contributed by atoms with E-state index in [1.807, 2.05) is 0 Å². The number of aryl methyl sites for hydroxylation is 1. The molecule has 2 aromatic rings. The second-order valence-corrected chi connectivity index (χ2v) is 6.02. The average molecular weight is 292 g/mol. The van der Waals surface area contributed by atoms with Crippen LogP contribution in [0.2, 0.25) is 0 Å². The average Bonchev–Trinajstić information content (AvgIpc) is 2.51. The predicted molar refractivity (Wildman–Crippen MR) is 93.7 cm³/mol. The van der Waals surface area contributed by atoms with Crippen LogP contribution in [0.25, 0.3) is 16.9 Å². The summed E-state index contributed by atoms with van der Waals surface area (Å²) in [5.74, 6) is 1.08. The van der Waals surface area contributed by atoms with Crippen LogP contribution in [0.5, 0.6) is 0 Å². The third kappa shape index (κ3) is 3.09. The molecule has 0 saturated heterocycles. The Hall–Kier alpha value is -2.02. The molecule has 1 aliphatic carbocycles. The molecular weight excluding hydrogens is 268 g/mol. The first-order valence-corrected chi connectivity index (χ1v) is 8.27. The van der Waals surface area contributed by atoms with Gasteiger partial charge >= 0.3 is 0 Å². The molecule has 0 N–H and O–H groups in total. The van der Waals surface area contributed by atoms with Gasteiger partial charge in [-0.15, -0.1) is 0 Å². The van der Waals surface area contributed by atoms with E-state index >= 15 is 0 Å². The van der Waals surface area contributed by atoms with Crippen LogP contribution in [0.3, 0.4) is 0 Å². The van der Waals surface area contributed by atoms with Crippen molar-refractivity contribution < 1.29 is 4.74 Å². The molecule has 1 nitrogen and oxygen atoms in total. The second-order valence-electron chi connectivity index (χ2n) is 6.02. The van der Waals surface area contributed by atoms with Gasteiger partial charge in [0.15, 0.2) is 0 Å². The highest BCUT2D eigenvalue weighted by Gasteiger charge is 2.17. The van der Waals surface area contributed by atoms with E-state index in [0.29, 0.717) is 0 Å². The molecule has 1 heteroatoms. The predicted octanol–water partition coefficient (Wildman–Crippen LogP) is 5.85. The van der Waals surface area contributed by atoms with Gasteiger partial charge in [0.25, 0.3) is 0 Å². The van der Waals surface area contributed by atoms with Gasteiger partial charge in [0, 0.05) is 5.56 Å². The monoisotopic (exact) mass is 292 g/mol. The molecule has 0 heterocycles. The summed E-state index contributed by atoms with van der Waals surface area (Å²) in [6.45, 7) is 2.23. The lowest BCUT2D eigenvalue weighted by atomic mass is 9.88. The molecule has 0 bridgehead atoms. The molecule has 1 fully saturated rings. The van der Waals surface area contributed by atoms with Gasteiger partial charge in [-0.25, -0.2) is 0 Å². The molecule has 0 spiro atoms. The highest BCUT2D eigenvalue weighted by Crippen LogP contribution is 2.35. The van der Waals surface area contributed by atoms with Crippen molar-refractivity contribution in [2.45, 2.75) is 39.0 Å². The Labute approximate surface area is 133 Å². The Balaban J connectivity index is 1.95. The van der Waals surface area contributed by atoms with Crippen LogP contribution in [-0.2, 0) is 11.2 Å².